The summed E-state index contributed by atoms with van der Waals surface area (Å²) in [5.74, 6) is -0.183. The van der Waals surface area contributed by atoms with Crippen LogP contribution >= 0.6 is 11.6 Å². The Morgan fingerprint density at radius 3 is 2.94 bits per heavy atom. The maximum absolute atomic E-state index is 14.6. The van der Waals surface area contributed by atoms with Crippen LogP contribution in [0.1, 0.15) is 38.5 Å². The zero-order chi connectivity index (χ0) is 23.7. The summed E-state index contributed by atoms with van der Waals surface area (Å²) in [7, 11) is 0. The van der Waals surface area contributed by atoms with Gasteiger partial charge in [0.1, 0.15) is 5.69 Å². The first kappa shape index (κ1) is 22.7. The van der Waals surface area contributed by atoms with E-state index in [0.29, 0.717) is 34.7 Å². The summed E-state index contributed by atoms with van der Waals surface area (Å²) in [4.78, 5) is 27.1. The number of aliphatic hydroxyl groups is 1. The Morgan fingerprint density at radius 1 is 1.24 bits per heavy atom. The van der Waals surface area contributed by atoms with Crippen molar-refractivity contribution in [2.24, 2.45) is 0 Å². The lowest BCUT2D eigenvalue weighted by Crippen LogP contribution is -2.50. The number of H-pyrrole nitrogens is 1. The van der Waals surface area contributed by atoms with Crippen molar-refractivity contribution in [3.8, 4) is 11.5 Å². The first-order valence-electron chi connectivity index (χ1n) is 11.5. The van der Waals surface area contributed by atoms with Gasteiger partial charge in [-0.15, -0.1) is 0 Å². The molecule has 3 aromatic heterocycles. The predicted octanol–water partition coefficient (Wildman–Crippen LogP) is 3.10. The maximum Gasteiger partial charge on any atom is 0.317 e. The van der Waals surface area contributed by atoms with Gasteiger partial charge in [-0.3, -0.25) is 5.10 Å². The highest BCUT2D eigenvalue weighted by molar-refractivity contribution is 6.31. The van der Waals surface area contributed by atoms with Gasteiger partial charge in [-0.1, -0.05) is 11.6 Å². The van der Waals surface area contributed by atoms with Gasteiger partial charge >= 0.3 is 6.03 Å². The minimum absolute atomic E-state index is 0.0223. The number of anilines is 1. The third-order valence-corrected chi connectivity index (χ3v) is 6.74. The number of pyridine rings is 1. The lowest BCUT2D eigenvalue weighted by atomic mass is 9.91. The van der Waals surface area contributed by atoms with E-state index >= 15 is 0 Å². The number of carbonyl (C=O) groups is 1. The summed E-state index contributed by atoms with van der Waals surface area (Å²) in [6.45, 7) is 0.634. The molecule has 0 bridgehead atoms. The van der Waals surface area contributed by atoms with Crippen LogP contribution < -0.4 is 10.6 Å². The van der Waals surface area contributed by atoms with Gasteiger partial charge < -0.3 is 20.6 Å². The van der Waals surface area contributed by atoms with Crippen LogP contribution in [0.2, 0.25) is 5.02 Å². The molecule has 1 aliphatic heterocycles. The molecule has 4 heterocycles. The summed E-state index contributed by atoms with van der Waals surface area (Å²) < 4.78 is 14.6. The molecule has 2 amide bonds. The van der Waals surface area contributed by atoms with Crippen LogP contribution in [-0.2, 0) is 0 Å². The van der Waals surface area contributed by atoms with Crippen molar-refractivity contribution in [3.63, 3.8) is 0 Å². The molecule has 5 rings (SSSR count). The minimum Gasteiger partial charge on any atom is -0.394 e. The summed E-state index contributed by atoms with van der Waals surface area (Å²) in [5.41, 5.74) is 0.972. The summed E-state index contributed by atoms with van der Waals surface area (Å²) in [5, 5.41) is 23.9. The van der Waals surface area contributed by atoms with Crippen molar-refractivity contribution in [3.05, 3.63) is 29.3 Å². The second-order valence-corrected chi connectivity index (χ2v) is 9.28. The number of urea groups is 1. The van der Waals surface area contributed by atoms with E-state index in [0.717, 1.165) is 38.3 Å². The quantitative estimate of drug-likeness (QED) is 0.434. The highest BCUT2D eigenvalue weighted by atomic mass is 35.5. The standard InChI is InChI=1S/C22H26ClFN8O2/c23-12-7-16-18(30-31-19(16)25-9-12)21-26-10-17(24)20(29-21)27-13-3-1-4-14(8-13)28-22(34)32-6-2-5-15(32)11-33/h7,9-10,13-15,33H,1-6,8,11H2,(H,28,34)(H,25,30,31)(H,26,27,29). The Hall–Kier alpha value is -3.05. The van der Waals surface area contributed by atoms with Crippen LogP contribution in [0, 0.1) is 5.82 Å². The van der Waals surface area contributed by atoms with E-state index in [1.165, 1.54) is 6.20 Å². The number of aromatic nitrogens is 5. The zero-order valence-electron chi connectivity index (χ0n) is 18.5. The largest absolute Gasteiger partial charge is 0.394 e. The summed E-state index contributed by atoms with van der Waals surface area (Å²) in [6, 6.07) is 1.36. The number of aliphatic hydroxyl groups excluding tert-OH is 1. The van der Waals surface area contributed by atoms with Crippen molar-refractivity contribution >= 4 is 34.5 Å². The molecule has 12 heteroatoms. The predicted molar refractivity (Wildman–Crippen MR) is 125 cm³/mol. The van der Waals surface area contributed by atoms with Crippen LogP contribution in [0.15, 0.2) is 18.5 Å². The Kier molecular flexibility index (Phi) is 6.46. The highest BCUT2D eigenvalue weighted by Crippen LogP contribution is 2.28. The van der Waals surface area contributed by atoms with Crippen LogP contribution in [0.4, 0.5) is 15.0 Å². The fraction of sp³-hybridized carbons (Fsp3) is 0.500. The van der Waals surface area contributed by atoms with Gasteiger partial charge in [-0.05, 0) is 44.6 Å². The van der Waals surface area contributed by atoms with Gasteiger partial charge in [-0.25, -0.2) is 24.1 Å². The first-order valence-corrected chi connectivity index (χ1v) is 11.9. The van der Waals surface area contributed by atoms with E-state index in [2.05, 4.69) is 35.8 Å². The molecule has 4 N–H and O–H groups in total. The number of fused-ring (bicyclic) bond motifs is 1. The summed E-state index contributed by atoms with van der Waals surface area (Å²) in [6.07, 6.45) is 7.57. The van der Waals surface area contributed by atoms with E-state index in [4.69, 9.17) is 11.6 Å². The van der Waals surface area contributed by atoms with E-state index in [9.17, 15) is 14.3 Å². The Bertz CT molecular complexity index is 1190. The number of hydrogen-bond donors (Lipinski definition) is 4. The average Bonchev–Trinajstić information content (AvgIpc) is 3.47. The van der Waals surface area contributed by atoms with Crippen LogP contribution in [0.25, 0.3) is 22.6 Å². The van der Waals surface area contributed by atoms with Crippen molar-refractivity contribution in [1.82, 2.24) is 35.4 Å². The number of nitrogens with one attached hydrogen (secondary N) is 3. The van der Waals surface area contributed by atoms with Crippen LogP contribution in [0.3, 0.4) is 0 Å². The summed E-state index contributed by atoms with van der Waals surface area (Å²) >= 11 is 6.07. The van der Waals surface area contributed by atoms with Gasteiger partial charge in [0.15, 0.2) is 23.1 Å². The van der Waals surface area contributed by atoms with E-state index in [1.807, 2.05) is 0 Å². The minimum atomic E-state index is -0.558. The Labute approximate surface area is 200 Å². The second-order valence-electron chi connectivity index (χ2n) is 8.84. The number of rotatable bonds is 5. The zero-order valence-corrected chi connectivity index (χ0v) is 19.2. The maximum atomic E-state index is 14.6. The lowest BCUT2D eigenvalue weighted by molar-refractivity contribution is 0.152. The highest BCUT2D eigenvalue weighted by Gasteiger charge is 2.31. The molecule has 0 radical (unpaired) electrons. The van der Waals surface area contributed by atoms with E-state index in [-0.39, 0.29) is 42.4 Å². The topological polar surface area (TPSA) is 132 Å². The molecule has 180 valence electrons. The third kappa shape index (κ3) is 4.62. The molecular formula is C22H26ClFN8O2. The fourth-order valence-corrected chi connectivity index (χ4v) is 4.99. The van der Waals surface area contributed by atoms with Crippen molar-refractivity contribution < 1.29 is 14.3 Å². The number of hydrogen-bond acceptors (Lipinski definition) is 7. The molecule has 1 saturated heterocycles. The SMILES string of the molecule is O=C(NC1CCCC(Nc2nc(-c3[nH]nc4ncc(Cl)cc34)ncc2F)C1)N1CCCC1CO. The monoisotopic (exact) mass is 488 g/mol. The molecular weight excluding hydrogens is 463 g/mol. The number of carbonyl (C=O) groups excluding carboxylic acids is 1. The number of halogens is 2. The molecule has 0 aromatic carbocycles. The first-order chi connectivity index (χ1) is 16.5. The van der Waals surface area contributed by atoms with Crippen molar-refractivity contribution in [2.75, 3.05) is 18.5 Å². The molecule has 2 aliphatic rings. The number of nitrogens with zero attached hydrogens (tertiary/aromatic N) is 5. The normalized spacial score (nSPS) is 22.8. The number of amides is 2. The van der Waals surface area contributed by atoms with Crippen molar-refractivity contribution in [1.29, 1.82) is 0 Å². The van der Waals surface area contributed by atoms with E-state index < -0.39 is 5.82 Å². The molecule has 3 unspecified atom stereocenters. The number of aromatic amines is 1. The molecule has 0 spiro atoms. The van der Waals surface area contributed by atoms with Gasteiger partial charge in [0.2, 0.25) is 0 Å². The third-order valence-electron chi connectivity index (χ3n) is 6.54. The molecule has 2 fully saturated rings. The Balaban J connectivity index is 1.28. The van der Waals surface area contributed by atoms with Crippen molar-refractivity contribution in [2.45, 2.75) is 56.7 Å². The van der Waals surface area contributed by atoms with Crippen LogP contribution in [-0.4, -0.2) is 72.5 Å². The average molecular weight is 489 g/mol. The Morgan fingerprint density at radius 2 is 2.09 bits per heavy atom. The van der Waals surface area contributed by atoms with Gasteiger partial charge in [0.25, 0.3) is 0 Å². The second kappa shape index (κ2) is 9.67. The molecule has 3 aromatic rings. The van der Waals surface area contributed by atoms with E-state index in [1.54, 1.807) is 11.0 Å². The molecule has 3 atom stereocenters. The number of likely N-dealkylation sites (tertiary alicyclic amines) is 1. The van der Waals surface area contributed by atoms with Gasteiger partial charge in [0.05, 0.1) is 29.3 Å². The molecule has 34 heavy (non-hydrogen) atoms. The van der Waals surface area contributed by atoms with Gasteiger partial charge in [-0.2, -0.15) is 5.10 Å². The molecule has 1 aliphatic carbocycles. The fourth-order valence-electron chi connectivity index (χ4n) is 4.83. The van der Waals surface area contributed by atoms with Gasteiger partial charge in [0, 0.05) is 24.8 Å². The molecule has 1 saturated carbocycles. The smallest absolute Gasteiger partial charge is 0.317 e. The van der Waals surface area contributed by atoms with Crippen LogP contribution in [0.5, 0.6) is 0 Å². The molecule has 10 nitrogen and oxygen atoms in total. The lowest BCUT2D eigenvalue weighted by Gasteiger charge is -2.33.